The Kier molecular flexibility index (Phi) is 18.6. The van der Waals surface area contributed by atoms with Gasteiger partial charge in [0.2, 0.25) is 0 Å². The van der Waals surface area contributed by atoms with Crippen molar-refractivity contribution in [2.75, 3.05) is 19.6 Å². The smallest absolute Gasteiger partial charge is 0.684 e. The summed E-state index contributed by atoms with van der Waals surface area (Å²) >= 11 is 26.3. The largest absolute Gasteiger partial charge is 3.00 e. The maximum atomic E-state index is 9.30. The van der Waals surface area contributed by atoms with E-state index in [1.54, 1.807) is 0 Å². The van der Waals surface area contributed by atoms with E-state index in [-0.39, 0.29) is 23.1 Å². The van der Waals surface area contributed by atoms with Crippen LogP contribution in [-0.4, -0.2) is 95.8 Å². The number of alkyl halides is 4. The third-order valence-corrected chi connectivity index (χ3v) is 9.10. The molecular weight excluding hydrogens is 716 g/mol. The van der Waals surface area contributed by atoms with Crippen LogP contribution >= 0.6 is 62.3 Å². The van der Waals surface area contributed by atoms with Crippen molar-refractivity contribution < 1.29 is 37.6 Å². The van der Waals surface area contributed by atoms with Crippen LogP contribution in [-0.2, 0) is 23.6 Å². The molecule has 1 aliphatic carbocycles. The van der Waals surface area contributed by atoms with Gasteiger partial charge in [0.15, 0.2) is 0 Å². The van der Waals surface area contributed by atoms with Crippen molar-refractivity contribution in [2.24, 2.45) is 0 Å². The van der Waals surface area contributed by atoms with Crippen LogP contribution in [0.15, 0.2) is 47.2 Å². The number of aliphatic hydroxyl groups is 2. The zero-order chi connectivity index (χ0) is 28.9. The number of aliphatic hydroxyl groups excluding tert-OH is 2. The van der Waals surface area contributed by atoms with Gasteiger partial charge in [0, 0.05) is 6.54 Å². The molecule has 10 nitrogen and oxygen atoms in total. The summed E-state index contributed by atoms with van der Waals surface area (Å²) < 4.78 is 0.891. The number of aromatic nitrogens is 1. The van der Waals surface area contributed by atoms with Crippen LogP contribution in [0.2, 0.25) is 0 Å². The van der Waals surface area contributed by atoms with Crippen LogP contribution in [0.25, 0.3) is 10.6 Å². The summed E-state index contributed by atoms with van der Waals surface area (Å²) in [6, 6.07) is 6.79. The molecule has 0 aromatic carbocycles. The van der Waals surface area contributed by atoms with E-state index in [1.807, 2.05) is 24.4 Å². The number of piperidine rings is 1. The number of hydrogen-bond donors (Lipinski definition) is 3. The molecule has 16 heteroatoms. The average molecular weight is 748 g/mol. The van der Waals surface area contributed by atoms with Gasteiger partial charge in [-0.1, -0.05) is 49.6 Å². The van der Waals surface area contributed by atoms with Gasteiger partial charge in [0.1, 0.15) is 4.60 Å². The first-order valence-corrected chi connectivity index (χ1v) is 14.8. The van der Waals surface area contributed by atoms with Gasteiger partial charge in [-0.05, 0) is 41.2 Å². The number of hydrogen-bond acceptors (Lipinski definition) is 6. The minimum absolute atomic E-state index is 0. The first kappa shape index (κ1) is 37.7. The van der Waals surface area contributed by atoms with Crippen LogP contribution < -0.4 is 0 Å². The summed E-state index contributed by atoms with van der Waals surface area (Å²) in [5, 5.41) is 38.8. The first-order valence-electron chi connectivity index (χ1n) is 12.3. The quantitative estimate of drug-likeness (QED) is 0.119. The molecular formula is C24H32BrCl4FeN5O5+. The van der Waals surface area contributed by atoms with E-state index in [4.69, 9.17) is 67.0 Å². The molecule has 0 bridgehead atoms. The second kappa shape index (κ2) is 19.7. The Bertz CT molecular complexity index is 890. The van der Waals surface area contributed by atoms with Gasteiger partial charge < -0.3 is 26.1 Å². The van der Waals surface area contributed by atoms with Crippen LogP contribution in [0.3, 0.4) is 0 Å². The van der Waals surface area contributed by atoms with Gasteiger partial charge in [-0.3, -0.25) is 4.90 Å². The molecule has 0 amide bonds. The number of pyridine rings is 1. The summed E-state index contributed by atoms with van der Waals surface area (Å²) in [7, 11) is 0. The molecule has 40 heavy (non-hydrogen) atoms. The van der Waals surface area contributed by atoms with Crippen molar-refractivity contribution in [3.05, 3.63) is 73.7 Å². The molecule has 3 aliphatic rings. The van der Waals surface area contributed by atoms with Crippen LogP contribution in [0.4, 0.5) is 0 Å². The fraction of sp³-hybridized carbons (Fsp3) is 0.625. The molecule has 0 spiro atoms. The maximum Gasteiger partial charge on any atom is 3.00 e. The van der Waals surface area contributed by atoms with Crippen molar-refractivity contribution in [2.45, 2.75) is 71.6 Å². The molecule has 3 heterocycles. The monoisotopic (exact) mass is 745 g/mol. The molecule has 225 valence electrons. The molecule has 2 fully saturated rings. The Morgan fingerprint density at radius 2 is 1.68 bits per heavy atom. The Labute approximate surface area is 273 Å². The predicted molar refractivity (Wildman–Crippen MR) is 158 cm³/mol. The number of nitrogens with zero attached hydrogens (tertiary/aromatic N) is 5. The van der Waals surface area contributed by atoms with Crippen LogP contribution in [0, 0.1) is 10.1 Å². The molecule has 1 aromatic heterocycles. The number of rotatable bonds is 6. The van der Waals surface area contributed by atoms with E-state index >= 15 is 0 Å². The fourth-order valence-electron chi connectivity index (χ4n) is 4.20. The average Bonchev–Trinajstić information content (AvgIpc) is 2.91. The SMILES string of the molecule is Brc1cccc(CN(CC2C=CC=C[N-]2)CC2CCCC[N-]2)n1.O=[N+]([O-])O.OC1C(O)C(Cl)C(Cl)C(Cl)C1Cl.[Fe+3]. The van der Waals surface area contributed by atoms with E-state index in [9.17, 15) is 10.2 Å². The Hall–Kier alpha value is -0.371. The molecule has 1 saturated heterocycles. The summed E-state index contributed by atoms with van der Waals surface area (Å²) in [4.78, 5) is 15.4. The topological polar surface area (TPSA) is 148 Å². The summed E-state index contributed by atoms with van der Waals surface area (Å²) in [6.07, 6.45) is 9.64. The van der Waals surface area contributed by atoms with Crippen LogP contribution in [0.5, 0.6) is 0 Å². The van der Waals surface area contributed by atoms with Gasteiger partial charge in [-0.2, -0.15) is 6.20 Å². The van der Waals surface area contributed by atoms with Crippen molar-refractivity contribution in [1.82, 2.24) is 9.88 Å². The second-order valence-electron chi connectivity index (χ2n) is 9.14. The summed E-state index contributed by atoms with van der Waals surface area (Å²) in [5.74, 6) is 0. The minimum atomic E-state index is -1.50. The Morgan fingerprint density at radius 3 is 2.17 bits per heavy atom. The molecule has 1 aromatic rings. The fourth-order valence-corrected chi connectivity index (χ4v) is 5.96. The van der Waals surface area contributed by atoms with Crippen molar-refractivity contribution in [3.8, 4) is 0 Å². The molecule has 2 aliphatic heterocycles. The minimum Gasteiger partial charge on any atom is -0.684 e. The third kappa shape index (κ3) is 13.3. The zero-order valence-corrected chi connectivity index (χ0v) is 27.0. The van der Waals surface area contributed by atoms with E-state index in [1.165, 1.54) is 19.3 Å². The zero-order valence-electron chi connectivity index (χ0n) is 21.2. The summed E-state index contributed by atoms with van der Waals surface area (Å²) in [6.45, 7) is 3.78. The molecule has 1 radical (unpaired) electrons. The summed E-state index contributed by atoms with van der Waals surface area (Å²) in [5.41, 5.74) is 1.09. The van der Waals surface area contributed by atoms with Gasteiger partial charge in [0.05, 0.1) is 39.4 Å². The third-order valence-electron chi connectivity index (χ3n) is 6.13. The van der Waals surface area contributed by atoms with E-state index < -0.39 is 38.8 Å². The Morgan fingerprint density at radius 1 is 1.05 bits per heavy atom. The van der Waals surface area contributed by atoms with Crippen molar-refractivity contribution in [3.63, 3.8) is 0 Å². The number of halogens is 5. The van der Waals surface area contributed by atoms with E-state index in [0.717, 1.165) is 36.5 Å². The molecule has 3 N–H and O–H groups in total. The van der Waals surface area contributed by atoms with Crippen molar-refractivity contribution in [1.29, 1.82) is 0 Å². The molecule has 4 rings (SSSR count). The van der Waals surface area contributed by atoms with Crippen molar-refractivity contribution >= 4 is 62.3 Å². The second-order valence-corrected chi connectivity index (χ2v) is 12.0. The molecule has 1 saturated carbocycles. The standard InChI is InChI=1S/C18H23BrN4.C6H8Cl4O2.Fe.HNO3/c19-18-9-5-8-17(22-18)14-23(12-15-6-1-3-10-20-15)13-16-7-2-4-11-21-16;7-1-2(8)4(10)6(12)5(11)3(1)9;;2-1(3)4/h1,3,5-6,8-10,15-16H,2,4,7,11-14H2;1-6,11-12H;;(H,2,3,4)/q-2;;+3;. The van der Waals surface area contributed by atoms with Gasteiger partial charge >= 0.3 is 17.1 Å². The van der Waals surface area contributed by atoms with E-state index in [2.05, 4.69) is 49.3 Å². The number of allylic oxidation sites excluding steroid dienone is 2. The normalized spacial score (nSPS) is 31.0. The molecule has 8 atom stereocenters. The van der Waals surface area contributed by atoms with Gasteiger partial charge in [-0.25, -0.2) is 4.98 Å². The van der Waals surface area contributed by atoms with Gasteiger partial charge in [-0.15, -0.1) is 69.1 Å². The first-order chi connectivity index (χ1) is 18.5. The predicted octanol–water partition coefficient (Wildman–Crippen LogP) is 5.20. The van der Waals surface area contributed by atoms with E-state index in [0.29, 0.717) is 6.04 Å². The maximum absolute atomic E-state index is 9.30. The molecule has 8 unspecified atom stereocenters. The Balaban J connectivity index is 0.000000396. The van der Waals surface area contributed by atoms with Crippen LogP contribution in [0.1, 0.15) is 25.0 Å². The van der Waals surface area contributed by atoms with Gasteiger partial charge in [0.25, 0.3) is 5.09 Å².